The number of hydrogen-bond acceptors (Lipinski definition) is 7. The zero-order valence-corrected chi connectivity index (χ0v) is 31.2. The average Bonchev–Trinajstić information content (AvgIpc) is 3.52. The topological polar surface area (TPSA) is 122 Å². The number of pyridine rings is 1. The third-order valence-electron chi connectivity index (χ3n) is 10.7. The smallest absolute Gasteiger partial charge is 0.324 e. The van der Waals surface area contributed by atoms with Crippen LogP contribution in [0.15, 0.2) is 73.2 Å². The first kappa shape index (κ1) is 36.3. The van der Waals surface area contributed by atoms with Crippen LogP contribution in [-0.2, 0) is 11.3 Å². The van der Waals surface area contributed by atoms with Crippen molar-refractivity contribution in [1.29, 1.82) is 5.26 Å². The summed E-state index contributed by atoms with van der Waals surface area (Å²) in [4.78, 5) is 44.4. The number of aliphatic hydroxyl groups is 1. The van der Waals surface area contributed by atoms with Gasteiger partial charge in [-0.1, -0.05) is 23.7 Å². The van der Waals surface area contributed by atoms with E-state index in [9.17, 15) is 20.0 Å². The van der Waals surface area contributed by atoms with E-state index in [0.717, 1.165) is 52.3 Å². The maximum Gasteiger partial charge on any atom is 0.324 e. The van der Waals surface area contributed by atoms with Gasteiger partial charge in [0, 0.05) is 81.7 Å². The minimum atomic E-state index is -1.41. The molecule has 2 aromatic heterocycles. The lowest BCUT2D eigenvalue weighted by atomic mass is 9.93. The zero-order valence-electron chi connectivity index (χ0n) is 30.5. The number of benzene rings is 2. The maximum atomic E-state index is 14.5. The highest BCUT2D eigenvalue weighted by Crippen LogP contribution is 2.41. The quantitative estimate of drug-likeness (QED) is 0.247. The van der Waals surface area contributed by atoms with Crippen molar-refractivity contribution in [2.45, 2.75) is 51.8 Å². The fourth-order valence-corrected chi connectivity index (χ4v) is 7.98. The molecule has 1 unspecified atom stereocenters. The number of nitrogens with zero attached hydrogens (tertiary/aromatic N) is 8. The van der Waals surface area contributed by atoms with Gasteiger partial charge in [0.2, 0.25) is 0 Å². The number of carbonyl (C=O) groups is 2. The molecule has 2 aromatic carbocycles. The highest BCUT2D eigenvalue weighted by molar-refractivity contribution is 6.30. The van der Waals surface area contributed by atoms with E-state index >= 15 is 0 Å². The molecule has 1 atom stereocenters. The number of carbonyl (C=O) groups excluding carboxylic acids is 2. The molecule has 3 amide bonds. The summed E-state index contributed by atoms with van der Waals surface area (Å²) in [5, 5.41) is 20.4. The van der Waals surface area contributed by atoms with E-state index in [0.29, 0.717) is 62.9 Å². The molecule has 3 aliphatic rings. The summed E-state index contributed by atoms with van der Waals surface area (Å²) in [5.74, 6) is 0.835. The minimum absolute atomic E-state index is 0.0735. The number of urea groups is 1. The van der Waals surface area contributed by atoms with Crippen LogP contribution in [0.4, 0.5) is 10.5 Å². The van der Waals surface area contributed by atoms with Gasteiger partial charge in [-0.2, -0.15) is 5.26 Å². The standard InChI is InChI=1S/C41H45ClN8O3/c1-28-44-15-18-49(28)27-32-23-31-5-4-14-45-37(31)38(35-11-8-33(42)24-36(32)35)46-19-21-48(22-20-46)40(52)50(34-9-6-29(25-43)7-10-34)26-30-12-16-47(17-13-30)39(51)41(2,3)53/h4-11,14-15,18,23-24,30,38,53H,12-13,16-17,19-22,26-27H2,1-3H3. The largest absolute Gasteiger partial charge is 0.381 e. The third-order valence-corrected chi connectivity index (χ3v) is 11.0. The number of likely N-dealkylation sites (tertiary alicyclic amines) is 1. The second-order valence-electron chi connectivity index (χ2n) is 14.8. The van der Waals surface area contributed by atoms with Crippen molar-refractivity contribution < 1.29 is 14.7 Å². The Balaban J connectivity index is 1.11. The van der Waals surface area contributed by atoms with Gasteiger partial charge >= 0.3 is 6.03 Å². The molecule has 2 aliphatic heterocycles. The van der Waals surface area contributed by atoms with Gasteiger partial charge in [-0.25, -0.2) is 9.78 Å². The Labute approximate surface area is 315 Å². The first-order valence-corrected chi connectivity index (χ1v) is 18.6. The normalized spacial score (nSPS) is 18.0. The number of rotatable bonds is 7. The number of nitriles is 1. The van der Waals surface area contributed by atoms with Gasteiger partial charge < -0.3 is 19.5 Å². The second-order valence-corrected chi connectivity index (χ2v) is 15.2. The molecule has 1 aliphatic carbocycles. The SMILES string of the molecule is Cc1nccn1CC1=Cc2cccnc2C(N2CCN(C(=O)N(CC3CCN(C(=O)C(C)(C)O)CC3)c3ccc(C#N)cc3)CC2)c2ccc(Cl)cc21. The number of aryl methyl sites for hydroxylation is 1. The molecular weight excluding hydrogens is 688 g/mol. The predicted octanol–water partition coefficient (Wildman–Crippen LogP) is 6.01. The molecule has 7 rings (SSSR count). The molecule has 2 fully saturated rings. The molecule has 0 spiro atoms. The van der Waals surface area contributed by atoms with E-state index in [1.165, 1.54) is 13.8 Å². The summed E-state index contributed by atoms with van der Waals surface area (Å²) in [6.07, 6.45) is 9.33. The summed E-state index contributed by atoms with van der Waals surface area (Å²) in [7, 11) is 0. The first-order valence-electron chi connectivity index (χ1n) is 18.3. The average molecular weight is 733 g/mol. The number of piperazine rings is 1. The lowest BCUT2D eigenvalue weighted by Crippen LogP contribution is -2.55. The highest BCUT2D eigenvalue weighted by atomic mass is 35.5. The van der Waals surface area contributed by atoms with Crippen LogP contribution in [-0.4, -0.2) is 97.7 Å². The Hall–Kier alpha value is -5.02. The molecule has 2 saturated heterocycles. The number of aromatic nitrogens is 3. The van der Waals surface area contributed by atoms with Crippen LogP contribution in [0, 0.1) is 24.2 Å². The Morgan fingerprint density at radius 3 is 2.38 bits per heavy atom. The third kappa shape index (κ3) is 7.72. The van der Waals surface area contributed by atoms with Crippen molar-refractivity contribution >= 4 is 40.9 Å². The fraction of sp³-hybridized carbons (Fsp3) is 0.390. The summed E-state index contributed by atoms with van der Waals surface area (Å²) in [6, 6.07) is 19.3. The number of allylic oxidation sites excluding steroid dienone is 1. The van der Waals surface area contributed by atoms with Crippen molar-refractivity contribution in [2.75, 3.05) is 50.7 Å². The van der Waals surface area contributed by atoms with Crippen molar-refractivity contribution in [3.05, 3.63) is 112 Å². The predicted molar refractivity (Wildman–Crippen MR) is 205 cm³/mol. The van der Waals surface area contributed by atoms with Gasteiger partial charge in [-0.05, 0) is 110 Å². The van der Waals surface area contributed by atoms with E-state index in [1.807, 2.05) is 65.6 Å². The molecule has 0 bridgehead atoms. The maximum absolute atomic E-state index is 14.5. The van der Waals surface area contributed by atoms with Crippen molar-refractivity contribution in [1.82, 2.24) is 29.2 Å². The number of hydrogen-bond donors (Lipinski definition) is 1. The highest BCUT2D eigenvalue weighted by Gasteiger charge is 2.37. The van der Waals surface area contributed by atoms with Crippen molar-refractivity contribution in [3.8, 4) is 6.07 Å². The van der Waals surface area contributed by atoms with E-state index in [1.54, 1.807) is 17.0 Å². The monoisotopic (exact) mass is 732 g/mol. The number of imidazole rings is 1. The minimum Gasteiger partial charge on any atom is -0.381 e. The molecule has 0 radical (unpaired) electrons. The molecule has 12 heteroatoms. The van der Waals surface area contributed by atoms with Crippen molar-refractivity contribution in [3.63, 3.8) is 0 Å². The molecule has 4 aromatic rings. The molecule has 4 heterocycles. The molecule has 274 valence electrons. The molecule has 0 saturated carbocycles. The zero-order chi connectivity index (χ0) is 37.3. The number of amides is 3. The van der Waals surface area contributed by atoms with Gasteiger partial charge in [0.1, 0.15) is 11.4 Å². The Morgan fingerprint density at radius 2 is 1.72 bits per heavy atom. The lowest BCUT2D eigenvalue weighted by molar-refractivity contribution is -0.149. The molecule has 1 N–H and O–H groups in total. The van der Waals surface area contributed by atoms with Crippen LogP contribution >= 0.6 is 11.6 Å². The van der Waals surface area contributed by atoms with Crippen LogP contribution in [0.1, 0.15) is 66.5 Å². The summed E-state index contributed by atoms with van der Waals surface area (Å²) < 4.78 is 2.13. The second kappa shape index (κ2) is 15.1. The summed E-state index contributed by atoms with van der Waals surface area (Å²) in [5.41, 5.74) is 5.22. The fourth-order valence-electron chi connectivity index (χ4n) is 7.81. The first-order chi connectivity index (χ1) is 25.5. The van der Waals surface area contributed by atoms with Crippen molar-refractivity contribution in [2.24, 2.45) is 5.92 Å². The van der Waals surface area contributed by atoms with Crippen LogP contribution in [0.25, 0.3) is 11.6 Å². The van der Waals surface area contributed by atoms with Gasteiger partial charge in [-0.3, -0.25) is 19.6 Å². The molecule has 11 nitrogen and oxygen atoms in total. The van der Waals surface area contributed by atoms with E-state index in [4.69, 9.17) is 16.6 Å². The molecule has 53 heavy (non-hydrogen) atoms. The summed E-state index contributed by atoms with van der Waals surface area (Å²) >= 11 is 6.65. The number of fused-ring (bicyclic) bond motifs is 2. The molecular formula is C41H45ClN8O3. The van der Waals surface area contributed by atoms with Crippen LogP contribution in [0.3, 0.4) is 0 Å². The van der Waals surface area contributed by atoms with Crippen LogP contribution in [0.5, 0.6) is 0 Å². The van der Waals surface area contributed by atoms with E-state index < -0.39 is 5.60 Å². The Morgan fingerprint density at radius 1 is 0.981 bits per heavy atom. The van der Waals surface area contributed by atoms with Crippen LogP contribution in [0.2, 0.25) is 5.02 Å². The number of halogens is 1. The van der Waals surface area contributed by atoms with E-state index in [-0.39, 0.29) is 23.9 Å². The van der Waals surface area contributed by atoms with E-state index in [2.05, 4.69) is 38.7 Å². The van der Waals surface area contributed by atoms with Gasteiger partial charge in [0.25, 0.3) is 5.91 Å². The van der Waals surface area contributed by atoms with Gasteiger partial charge in [0.15, 0.2) is 0 Å². The van der Waals surface area contributed by atoms with Crippen LogP contribution < -0.4 is 4.90 Å². The van der Waals surface area contributed by atoms with Gasteiger partial charge in [0.05, 0.1) is 23.4 Å². The number of anilines is 1. The van der Waals surface area contributed by atoms with Gasteiger partial charge in [-0.15, -0.1) is 0 Å². The number of piperidine rings is 1. The summed E-state index contributed by atoms with van der Waals surface area (Å²) in [6.45, 7) is 9.58. The Bertz CT molecular complexity index is 2050. The lowest BCUT2D eigenvalue weighted by Gasteiger charge is -2.42. The Kier molecular flexibility index (Phi) is 10.4.